The summed E-state index contributed by atoms with van der Waals surface area (Å²) in [4.78, 5) is 1.81. The lowest BCUT2D eigenvalue weighted by Gasteiger charge is -1.63. The Bertz CT molecular complexity index is 30.6. The molecular formula is C4H6Br. The van der Waals surface area contributed by atoms with Crippen molar-refractivity contribution in [3.63, 3.8) is 0 Å². The molecule has 0 saturated heterocycles. The van der Waals surface area contributed by atoms with Gasteiger partial charge in [0.1, 0.15) is 0 Å². The monoisotopic (exact) mass is 133 g/mol. The fourth-order valence-electron chi connectivity index (χ4n) is 0.0630. The van der Waals surface area contributed by atoms with Gasteiger partial charge in [-0.2, -0.15) is 0 Å². The van der Waals surface area contributed by atoms with Crippen LogP contribution in [0, 0.1) is 6.92 Å². The number of rotatable bonds is 1. The maximum absolute atomic E-state index is 3.56. The summed E-state index contributed by atoms with van der Waals surface area (Å²) in [5.41, 5.74) is 0. The number of halogens is 1. The molecule has 5 heavy (non-hydrogen) atoms. The highest BCUT2D eigenvalue weighted by Gasteiger charge is 1.53. The van der Waals surface area contributed by atoms with E-state index in [0.29, 0.717) is 0 Å². The first kappa shape index (κ1) is 5.22. The molecule has 0 atom stereocenters. The van der Waals surface area contributed by atoms with E-state index < -0.39 is 0 Å². The third-order valence-electron chi connectivity index (χ3n) is 0.256. The van der Waals surface area contributed by atoms with Crippen molar-refractivity contribution in [3.05, 3.63) is 18.0 Å². The van der Waals surface area contributed by atoms with Crippen molar-refractivity contribution in [2.24, 2.45) is 0 Å². The minimum atomic E-state index is 0.866. The van der Waals surface area contributed by atoms with Gasteiger partial charge in [-0.15, -0.1) is 0 Å². The standard InChI is InChI=1S/C4H6Br/c1-2-3-4-5/h3-4H,1-2H2. The molecule has 0 nitrogen and oxygen atoms in total. The van der Waals surface area contributed by atoms with Crippen LogP contribution in [0.3, 0.4) is 0 Å². The van der Waals surface area contributed by atoms with Gasteiger partial charge in [-0.05, 0) is 18.3 Å². The van der Waals surface area contributed by atoms with Gasteiger partial charge in [0.05, 0.1) is 0 Å². The summed E-state index contributed by atoms with van der Waals surface area (Å²) in [7, 11) is 0. The Morgan fingerprint density at radius 1 is 1.80 bits per heavy atom. The number of hydrogen-bond donors (Lipinski definition) is 0. The van der Waals surface area contributed by atoms with Crippen LogP contribution in [0.25, 0.3) is 0 Å². The van der Waals surface area contributed by atoms with Gasteiger partial charge in [0.2, 0.25) is 0 Å². The fourth-order valence-corrected chi connectivity index (χ4v) is 0.327. The molecular weight excluding hydrogens is 128 g/mol. The Balaban J connectivity index is 2.62. The molecule has 0 N–H and O–H groups in total. The average Bonchev–Trinajstić information content (AvgIpc) is 1.41. The van der Waals surface area contributed by atoms with Crippen molar-refractivity contribution < 1.29 is 0 Å². The molecule has 29 valence electrons. The van der Waals surface area contributed by atoms with Crippen LogP contribution in [0.1, 0.15) is 6.42 Å². The second-order valence-corrected chi connectivity index (χ2v) is 1.18. The molecule has 0 unspecified atom stereocenters. The fraction of sp³-hybridized carbons (Fsp3) is 0.250. The average molecular weight is 134 g/mol. The second kappa shape index (κ2) is 4.22. The summed E-state index contributed by atoms with van der Waals surface area (Å²) in [6.45, 7) is 3.56. The highest BCUT2D eigenvalue weighted by molar-refractivity contribution is 9.11. The summed E-state index contributed by atoms with van der Waals surface area (Å²) in [6, 6.07) is 0. The van der Waals surface area contributed by atoms with Crippen LogP contribution in [-0.2, 0) is 0 Å². The molecule has 0 fully saturated rings. The predicted molar refractivity (Wildman–Crippen MR) is 28.0 cm³/mol. The molecule has 0 aliphatic heterocycles. The molecule has 0 aromatic carbocycles. The molecule has 1 radical (unpaired) electrons. The maximum Gasteiger partial charge on any atom is -0.0229 e. The molecule has 0 heterocycles. The van der Waals surface area contributed by atoms with Crippen LogP contribution in [0.2, 0.25) is 0 Å². The summed E-state index contributed by atoms with van der Waals surface area (Å²) in [5, 5.41) is 0. The Kier molecular flexibility index (Phi) is 4.41. The van der Waals surface area contributed by atoms with E-state index >= 15 is 0 Å². The van der Waals surface area contributed by atoms with Crippen LogP contribution < -0.4 is 0 Å². The lowest BCUT2D eigenvalue weighted by molar-refractivity contribution is 1.41. The van der Waals surface area contributed by atoms with E-state index in [0.717, 1.165) is 6.42 Å². The first-order valence-electron chi connectivity index (χ1n) is 1.46. The third kappa shape index (κ3) is 4.22. The number of allylic oxidation sites excluding steroid dienone is 1. The molecule has 0 aromatic heterocycles. The van der Waals surface area contributed by atoms with E-state index in [4.69, 9.17) is 0 Å². The first-order chi connectivity index (χ1) is 2.41. The van der Waals surface area contributed by atoms with Crippen molar-refractivity contribution in [2.45, 2.75) is 6.42 Å². The molecule has 0 spiro atoms. The Morgan fingerprint density at radius 3 is 2.40 bits per heavy atom. The Hall–Kier alpha value is 0.220. The first-order valence-corrected chi connectivity index (χ1v) is 2.38. The van der Waals surface area contributed by atoms with Crippen molar-refractivity contribution >= 4 is 15.9 Å². The predicted octanol–water partition coefficient (Wildman–Crippen LogP) is 2.12. The van der Waals surface area contributed by atoms with E-state index in [2.05, 4.69) is 22.9 Å². The molecule has 1 heteroatoms. The molecule has 0 aromatic rings. The summed E-state index contributed by atoms with van der Waals surface area (Å²) < 4.78 is 0. The normalized spacial score (nSPS) is 10.0. The van der Waals surface area contributed by atoms with Crippen LogP contribution in [0.5, 0.6) is 0 Å². The SMILES string of the molecule is [CH2]CC=CBr. The lowest BCUT2D eigenvalue weighted by Crippen LogP contribution is -1.41. The topological polar surface area (TPSA) is 0 Å². The molecule has 0 amide bonds. The minimum absolute atomic E-state index is 0.866. The van der Waals surface area contributed by atoms with Gasteiger partial charge < -0.3 is 0 Å². The van der Waals surface area contributed by atoms with Gasteiger partial charge in [0.25, 0.3) is 0 Å². The summed E-state index contributed by atoms with van der Waals surface area (Å²) in [6.07, 6.45) is 2.80. The van der Waals surface area contributed by atoms with Crippen molar-refractivity contribution in [1.29, 1.82) is 0 Å². The zero-order chi connectivity index (χ0) is 4.12. The highest BCUT2D eigenvalue weighted by atomic mass is 79.9. The van der Waals surface area contributed by atoms with Crippen LogP contribution in [-0.4, -0.2) is 0 Å². The van der Waals surface area contributed by atoms with Crippen molar-refractivity contribution in [3.8, 4) is 0 Å². The van der Waals surface area contributed by atoms with Gasteiger partial charge in [0.15, 0.2) is 0 Å². The van der Waals surface area contributed by atoms with Gasteiger partial charge in [-0.3, -0.25) is 0 Å². The van der Waals surface area contributed by atoms with E-state index in [1.54, 1.807) is 4.99 Å². The molecule has 0 bridgehead atoms. The molecule has 0 saturated carbocycles. The second-order valence-electron chi connectivity index (χ2n) is 0.650. The smallest absolute Gasteiger partial charge is 0.0229 e. The number of hydrogen-bond acceptors (Lipinski definition) is 0. The Morgan fingerprint density at radius 2 is 2.40 bits per heavy atom. The van der Waals surface area contributed by atoms with E-state index in [1.807, 2.05) is 6.08 Å². The highest BCUT2D eigenvalue weighted by Crippen LogP contribution is 1.83. The van der Waals surface area contributed by atoms with Crippen LogP contribution in [0.4, 0.5) is 0 Å². The summed E-state index contributed by atoms with van der Waals surface area (Å²) >= 11 is 3.09. The van der Waals surface area contributed by atoms with E-state index in [-0.39, 0.29) is 0 Å². The van der Waals surface area contributed by atoms with Crippen LogP contribution >= 0.6 is 15.9 Å². The zero-order valence-corrected chi connectivity index (χ0v) is 4.53. The Labute approximate surface area is 41.0 Å². The quantitative estimate of drug-likeness (QED) is 0.515. The molecule has 0 aliphatic carbocycles. The van der Waals surface area contributed by atoms with Gasteiger partial charge in [-0.25, -0.2) is 0 Å². The van der Waals surface area contributed by atoms with Crippen molar-refractivity contribution in [2.75, 3.05) is 0 Å². The third-order valence-corrected chi connectivity index (χ3v) is 0.630. The lowest BCUT2D eigenvalue weighted by atomic mass is 10.5. The summed E-state index contributed by atoms with van der Waals surface area (Å²) in [5.74, 6) is 0. The minimum Gasteiger partial charge on any atom is -0.0776 e. The molecule has 0 aliphatic rings. The van der Waals surface area contributed by atoms with E-state index in [9.17, 15) is 0 Å². The molecule has 0 rings (SSSR count). The van der Waals surface area contributed by atoms with Crippen LogP contribution in [0.15, 0.2) is 11.1 Å². The van der Waals surface area contributed by atoms with Gasteiger partial charge in [0, 0.05) is 0 Å². The van der Waals surface area contributed by atoms with Crippen molar-refractivity contribution in [1.82, 2.24) is 0 Å². The van der Waals surface area contributed by atoms with Gasteiger partial charge in [-0.1, -0.05) is 22.0 Å². The largest absolute Gasteiger partial charge is 0.0776 e. The maximum atomic E-state index is 3.56. The van der Waals surface area contributed by atoms with E-state index in [1.165, 1.54) is 0 Å². The zero-order valence-electron chi connectivity index (χ0n) is 2.95. The van der Waals surface area contributed by atoms with Gasteiger partial charge >= 0.3 is 0 Å².